The number of hydrogen-bond donors (Lipinski definition) is 2. The van der Waals surface area contributed by atoms with Gasteiger partial charge in [-0.1, -0.05) is 0 Å². The fourth-order valence-electron chi connectivity index (χ4n) is 2.10. The number of nitrogen functional groups attached to an aromatic ring is 1. The fraction of sp³-hybridized carbons (Fsp3) is 0.500. The van der Waals surface area contributed by atoms with Crippen LogP contribution in [0.5, 0.6) is 0 Å². The number of amides is 1. The third-order valence-electron chi connectivity index (χ3n) is 3.15. The maximum atomic E-state index is 13.8. The quantitative estimate of drug-likeness (QED) is 0.638. The molecule has 1 aliphatic heterocycles. The highest BCUT2D eigenvalue weighted by Gasteiger charge is 2.25. The molecule has 2 heterocycles. The molecule has 0 aromatic carbocycles. The third-order valence-corrected chi connectivity index (χ3v) is 3.15. The van der Waals surface area contributed by atoms with Crippen LogP contribution in [-0.4, -0.2) is 48.8 Å². The van der Waals surface area contributed by atoms with E-state index in [0.717, 1.165) is 6.07 Å². The highest BCUT2D eigenvalue weighted by molar-refractivity contribution is 5.68. The molecule has 116 valence electrons. The first-order chi connectivity index (χ1) is 10.1. The Morgan fingerprint density at radius 3 is 2.62 bits per heavy atom. The first kappa shape index (κ1) is 15.2. The highest BCUT2D eigenvalue weighted by Crippen LogP contribution is 2.23. The molecule has 9 heteroatoms. The Morgan fingerprint density at radius 1 is 1.38 bits per heavy atom. The average Bonchev–Trinajstić information content (AvgIpc) is 2.48. The Hall–Kier alpha value is -2.16. The lowest BCUT2D eigenvalue weighted by Gasteiger charge is -2.34. The maximum Gasteiger partial charge on any atom is 0.409 e. The Morgan fingerprint density at radius 2 is 2.05 bits per heavy atom. The lowest BCUT2D eigenvalue weighted by Crippen LogP contribution is -2.49. The molecule has 2 rings (SSSR count). The van der Waals surface area contributed by atoms with Gasteiger partial charge in [-0.25, -0.2) is 24.4 Å². The van der Waals surface area contributed by atoms with E-state index >= 15 is 0 Å². The number of aromatic nitrogens is 1. The molecule has 0 bridgehead atoms. The number of halogens is 2. The molecular formula is C12H17F2N5O2. The summed E-state index contributed by atoms with van der Waals surface area (Å²) < 4.78 is 32.0. The number of hydrogen-bond acceptors (Lipinski definition) is 6. The van der Waals surface area contributed by atoms with E-state index in [0.29, 0.717) is 32.8 Å². The van der Waals surface area contributed by atoms with Crippen molar-refractivity contribution < 1.29 is 18.3 Å². The van der Waals surface area contributed by atoms with Gasteiger partial charge >= 0.3 is 6.09 Å². The minimum atomic E-state index is -0.857. The molecular weight excluding hydrogens is 284 g/mol. The van der Waals surface area contributed by atoms with Crippen LogP contribution in [0.1, 0.15) is 6.92 Å². The van der Waals surface area contributed by atoms with Gasteiger partial charge in [0.15, 0.2) is 23.3 Å². The number of hydrazine groups is 1. The molecule has 0 saturated carbocycles. The van der Waals surface area contributed by atoms with Crippen molar-refractivity contribution in [3.8, 4) is 0 Å². The first-order valence-corrected chi connectivity index (χ1v) is 6.56. The second-order valence-electron chi connectivity index (χ2n) is 4.44. The number of pyridine rings is 1. The van der Waals surface area contributed by atoms with Gasteiger partial charge < -0.3 is 20.0 Å². The van der Waals surface area contributed by atoms with Crippen LogP contribution in [-0.2, 0) is 4.74 Å². The minimum absolute atomic E-state index is 0.00728. The molecule has 21 heavy (non-hydrogen) atoms. The number of carbonyl (C=O) groups is 1. The van der Waals surface area contributed by atoms with Crippen molar-refractivity contribution in [2.75, 3.05) is 43.1 Å². The van der Waals surface area contributed by atoms with Crippen molar-refractivity contribution in [3.05, 3.63) is 17.7 Å². The fourth-order valence-corrected chi connectivity index (χ4v) is 2.10. The molecule has 1 aromatic heterocycles. The summed E-state index contributed by atoms with van der Waals surface area (Å²) in [4.78, 5) is 18.6. The number of nitrogens with two attached hydrogens (primary N) is 1. The van der Waals surface area contributed by atoms with Crippen LogP contribution in [0.3, 0.4) is 0 Å². The summed E-state index contributed by atoms with van der Waals surface area (Å²) in [6.07, 6.45) is -0.394. The molecule has 1 amide bonds. The number of nitrogens with one attached hydrogen (secondary N) is 1. The second-order valence-corrected chi connectivity index (χ2v) is 4.44. The summed E-state index contributed by atoms with van der Waals surface area (Å²) in [6, 6.07) is 0.731. The van der Waals surface area contributed by atoms with Gasteiger partial charge in [0, 0.05) is 32.2 Å². The summed E-state index contributed by atoms with van der Waals surface area (Å²) in [7, 11) is 0. The van der Waals surface area contributed by atoms with E-state index in [1.807, 2.05) is 0 Å². The van der Waals surface area contributed by atoms with E-state index in [2.05, 4.69) is 10.4 Å². The normalized spacial score (nSPS) is 15.0. The second kappa shape index (κ2) is 6.53. The average molecular weight is 301 g/mol. The first-order valence-electron chi connectivity index (χ1n) is 6.56. The molecule has 0 unspecified atom stereocenters. The van der Waals surface area contributed by atoms with Crippen molar-refractivity contribution >= 4 is 17.7 Å². The smallest absolute Gasteiger partial charge is 0.409 e. The predicted molar refractivity (Wildman–Crippen MR) is 72.8 cm³/mol. The summed E-state index contributed by atoms with van der Waals surface area (Å²) in [6.45, 7) is 3.54. The third kappa shape index (κ3) is 3.30. The Balaban J connectivity index is 2.07. The molecule has 7 nitrogen and oxygen atoms in total. The van der Waals surface area contributed by atoms with E-state index in [4.69, 9.17) is 10.6 Å². The summed E-state index contributed by atoms with van der Waals surface area (Å²) in [5, 5.41) is 0. The molecule has 1 saturated heterocycles. The lowest BCUT2D eigenvalue weighted by atomic mass is 10.3. The molecule has 3 N–H and O–H groups in total. The Bertz CT molecular complexity index is 521. The van der Waals surface area contributed by atoms with Gasteiger partial charge in [0.05, 0.1) is 6.61 Å². The van der Waals surface area contributed by atoms with Crippen LogP contribution >= 0.6 is 0 Å². The SMILES string of the molecule is CCOC(=O)N1CCN(c2nc(NN)c(F)cc2F)CC1. The molecule has 1 fully saturated rings. The standard InChI is InChI=1S/C12H17F2N5O2/c1-2-21-12(20)19-5-3-18(4-6-19)11-9(14)7-8(13)10(16-11)17-15/h7H,2-6,15H2,1H3,(H,16,17). The molecule has 0 atom stereocenters. The largest absolute Gasteiger partial charge is 0.450 e. The van der Waals surface area contributed by atoms with Gasteiger partial charge in [-0.3, -0.25) is 0 Å². The number of carbonyl (C=O) groups excluding carboxylic acids is 1. The van der Waals surface area contributed by atoms with Gasteiger partial charge in [0.1, 0.15) is 0 Å². The van der Waals surface area contributed by atoms with Gasteiger partial charge in [-0.15, -0.1) is 0 Å². The number of rotatable bonds is 3. The Kier molecular flexibility index (Phi) is 4.73. The number of piperazine rings is 1. The van der Waals surface area contributed by atoms with E-state index in [1.54, 1.807) is 11.8 Å². The van der Waals surface area contributed by atoms with E-state index in [-0.39, 0.29) is 11.6 Å². The maximum absolute atomic E-state index is 13.8. The van der Waals surface area contributed by atoms with Gasteiger partial charge in [0.25, 0.3) is 0 Å². The molecule has 0 spiro atoms. The molecule has 1 aromatic rings. The van der Waals surface area contributed by atoms with Crippen LogP contribution in [0.15, 0.2) is 6.07 Å². The monoisotopic (exact) mass is 301 g/mol. The van der Waals surface area contributed by atoms with Crippen molar-refractivity contribution in [3.63, 3.8) is 0 Å². The zero-order valence-electron chi connectivity index (χ0n) is 11.6. The highest BCUT2D eigenvalue weighted by atomic mass is 19.1. The van der Waals surface area contributed by atoms with Crippen LogP contribution in [0.25, 0.3) is 0 Å². The number of nitrogens with zero attached hydrogens (tertiary/aromatic N) is 3. The molecule has 1 aliphatic rings. The van der Waals surface area contributed by atoms with Crippen molar-refractivity contribution in [2.24, 2.45) is 5.84 Å². The van der Waals surface area contributed by atoms with E-state index < -0.39 is 17.7 Å². The Labute approximate surface area is 120 Å². The zero-order valence-corrected chi connectivity index (χ0v) is 11.6. The number of anilines is 2. The van der Waals surface area contributed by atoms with Crippen molar-refractivity contribution in [1.29, 1.82) is 0 Å². The summed E-state index contributed by atoms with van der Waals surface area (Å²) in [5.41, 5.74) is 2.08. The van der Waals surface area contributed by atoms with Crippen LogP contribution in [0.2, 0.25) is 0 Å². The lowest BCUT2D eigenvalue weighted by molar-refractivity contribution is 0.105. The summed E-state index contributed by atoms with van der Waals surface area (Å²) in [5.74, 6) is 3.29. The van der Waals surface area contributed by atoms with Gasteiger partial charge in [0.2, 0.25) is 0 Å². The van der Waals surface area contributed by atoms with Crippen LogP contribution < -0.4 is 16.2 Å². The molecule has 0 aliphatic carbocycles. The summed E-state index contributed by atoms with van der Waals surface area (Å²) >= 11 is 0. The van der Waals surface area contributed by atoms with Gasteiger partial charge in [-0.2, -0.15) is 0 Å². The number of ether oxygens (including phenoxy) is 1. The van der Waals surface area contributed by atoms with Crippen molar-refractivity contribution in [2.45, 2.75) is 6.92 Å². The van der Waals surface area contributed by atoms with E-state index in [9.17, 15) is 13.6 Å². The predicted octanol–water partition coefficient (Wildman–Crippen LogP) is 0.924. The van der Waals surface area contributed by atoms with Crippen molar-refractivity contribution in [1.82, 2.24) is 9.88 Å². The molecule has 0 radical (unpaired) electrons. The van der Waals surface area contributed by atoms with Gasteiger partial charge in [-0.05, 0) is 6.92 Å². The topological polar surface area (TPSA) is 83.7 Å². The minimum Gasteiger partial charge on any atom is -0.450 e. The van der Waals surface area contributed by atoms with E-state index in [1.165, 1.54) is 4.90 Å². The van der Waals surface area contributed by atoms with Crippen LogP contribution in [0, 0.1) is 11.6 Å². The van der Waals surface area contributed by atoms with Crippen LogP contribution in [0.4, 0.5) is 25.2 Å². The zero-order chi connectivity index (χ0) is 15.4.